The van der Waals surface area contributed by atoms with E-state index in [0.29, 0.717) is 19.6 Å². The maximum atomic E-state index is 12.7. The smallest absolute Gasteiger partial charge is 0.318 e. The van der Waals surface area contributed by atoms with Gasteiger partial charge in [0.25, 0.3) is 0 Å². The van der Waals surface area contributed by atoms with Gasteiger partial charge in [0.05, 0.1) is 0 Å². The van der Waals surface area contributed by atoms with Crippen LogP contribution in [-0.4, -0.2) is 42.5 Å². The van der Waals surface area contributed by atoms with E-state index in [4.69, 9.17) is 0 Å². The number of hydrogen-bond acceptors (Lipinski definition) is 2. The standard InChI is InChI=1S/C17H25N3O2/c1-5-9-18-17(22)19-10-11-20(16(21)14(19)4)15-8-6-7-12(2)13(15)3/h6-8,14H,5,9-11H2,1-4H3,(H,18,22). The van der Waals surface area contributed by atoms with Crippen LogP contribution in [0.25, 0.3) is 0 Å². The molecule has 1 aliphatic heterocycles. The first-order valence-electron chi connectivity index (χ1n) is 7.89. The molecule has 1 aliphatic rings. The molecule has 1 aromatic carbocycles. The van der Waals surface area contributed by atoms with E-state index >= 15 is 0 Å². The lowest BCUT2D eigenvalue weighted by Crippen LogP contribution is -2.60. The van der Waals surface area contributed by atoms with Crippen LogP contribution in [0, 0.1) is 13.8 Å². The molecule has 1 fully saturated rings. The molecule has 0 bridgehead atoms. The predicted octanol–water partition coefficient (Wildman–Crippen LogP) is 2.46. The number of aryl methyl sites for hydroxylation is 1. The van der Waals surface area contributed by atoms with Crippen molar-refractivity contribution in [2.75, 3.05) is 24.5 Å². The minimum Gasteiger partial charge on any atom is -0.338 e. The Morgan fingerprint density at radius 2 is 2.05 bits per heavy atom. The minimum absolute atomic E-state index is 0.0217. The molecule has 120 valence electrons. The molecule has 0 spiro atoms. The Morgan fingerprint density at radius 1 is 1.32 bits per heavy atom. The fourth-order valence-electron chi connectivity index (χ4n) is 2.75. The normalized spacial score (nSPS) is 18.5. The zero-order chi connectivity index (χ0) is 16.3. The zero-order valence-electron chi connectivity index (χ0n) is 13.8. The van der Waals surface area contributed by atoms with Crippen molar-refractivity contribution in [3.05, 3.63) is 29.3 Å². The van der Waals surface area contributed by atoms with Crippen molar-refractivity contribution in [1.29, 1.82) is 0 Å². The van der Waals surface area contributed by atoms with Gasteiger partial charge in [-0.2, -0.15) is 0 Å². The number of piperazine rings is 1. The van der Waals surface area contributed by atoms with Gasteiger partial charge in [-0.3, -0.25) is 4.79 Å². The second-order valence-electron chi connectivity index (χ2n) is 5.81. The van der Waals surface area contributed by atoms with Crippen LogP contribution < -0.4 is 10.2 Å². The van der Waals surface area contributed by atoms with E-state index < -0.39 is 6.04 Å². The third-order valence-electron chi connectivity index (χ3n) is 4.31. The lowest BCUT2D eigenvalue weighted by molar-refractivity contribution is -0.124. The molecule has 22 heavy (non-hydrogen) atoms. The highest BCUT2D eigenvalue weighted by atomic mass is 16.2. The van der Waals surface area contributed by atoms with Crippen LogP contribution in [-0.2, 0) is 4.79 Å². The topological polar surface area (TPSA) is 52.7 Å². The van der Waals surface area contributed by atoms with Gasteiger partial charge >= 0.3 is 6.03 Å². The molecule has 1 atom stereocenters. The van der Waals surface area contributed by atoms with Gasteiger partial charge in [0.2, 0.25) is 5.91 Å². The number of carbonyl (C=O) groups is 2. The minimum atomic E-state index is -0.439. The van der Waals surface area contributed by atoms with Gasteiger partial charge in [0.1, 0.15) is 6.04 Å². The summed E-state index contributed by atoms with van der Waals surface area (Å²) in [6.07, 6.45) is 0.885. The van der Waals surface area contributed by atoms with Gasteiger partial charge in [0.15, 0.2) is 0 Å². The fourth-order valence-corrected chi connectivity index (χ4v) is 2.75. The van der Waals surface area contributed by atoms with Crippen molar-refractivity contribution in [1.82, 2.24) is 10.2 Å². The second kappa shape index (κ2) is 6.81. The van der Waals surface area contributed by atoms with E-state index in [-0.39, 0.29) is 11.9 Å². The van der Waals surface area contributed by atoms with E-state index in [0.717, 1.165) is 17.7 Å². The van der Waals surface area contributed by atoms with Gasteiger partial charge in [-0.05, 0) is 44.4 Å². The van der Waals surface area contributed by atoms with E-state index in [9.17, 15) is 9.59 Å². The number of hydrogen-bond donors (Lipinski definition) is 1. The molecule has 0 aromatic heterocycles. The number of benzene rings is 1. The molecule has 5 heteroatoms. The maximum Gasteiger partial charge on any atom is 0.318 e. The Morgan fingerprint density at radius 3 is 2.73 bits per heavy atom. The Kier molecular flexibility index (Phi) is 5.06. The van der Waals surface area contributed by atoms with Crippen molar-refractivity contribution >= 4 is 17.6 Å². The molecule has 1 unspecified atom stereocenters. The number of amides is 3. The number of carbonyl (C=O) groups excluding carboxylic acids is 2. The molecule has 0 saturated carbocycles. The molecule has 1 aromatic rings. The van der Waals surface area contributed by atoms with Crippen molar-refractivity contribution in [2.45, 2.75) is 40.2 Å². The molecule has 2 rings (SSSR count). The molecule has 0 aliphatic carbocycles. The molecular formula is C17H25N3O2. The van der Waals surface area contributed by atoms with E-state index in [2.05, 4.69) is 5.32 Å². The zero-order valence-corrected chi connectivity index (χ0v) is 13.8. The molecule has 1 heterocycles. The molecular weight excluding hydrogens is 278 g/mol. The third kappa shape index (κ3) is 3.08. The Labute approximate surface area is 132 Å². The Hall–Kier alpha value is -2.04. The van der Waals surface area contributed by atoms with Crippen LogP contribution in [0.1, 0.15) is 31.4 Å². The summed E-state index contributed by atoms with van der Waals surface area (Å²) in [5, 5.41) is 2.84. The second-order valence-corrected chi connectivity index (χ2v) is 5.81. The lowest BCUT2D eigenvalue weighted by atomic mass is 10.1. The molecule has 5 nitrogen and oxygen atoms in total. The Balaban J connectivity index is 2.16. The summed E-state index contributed by atoms with van der Waals surface area (Å²) in [6, 6.07) is 5.39. The van der Waals surface area contributed by atoms with Gasteiger partial charge in [0, 0.05) is 25.3 Å². The summed E-state index contributed by atoms with van der Waals surface area (Å²) in [5.74, 6) is -0.0217. The summed E-state index contributed by atoms with van der Waals surface area (Å²) < 4.78 is 0. The van der Waals surface area contributed by atoms with Gasteiger partial charge in [-0.1, -0.05) is 19.1 Å². The number of rotatable bonds is 3. The number of nitrogens with zero attached hydrogens (tertiary/aromatic N) is 2. The van der Waals surface area contributed by atoms with Crippen LogP contribution in [0.4, 0.5) is 10.5 Å². The van der Waals surface area contributed by atoms with Gasteiger partial charge in [-0.25, -0.2) is 4.79 Å². The van der Waals surface area contributed by atoms with Gasteiger partial charge in [-0.15, -0.1) is 0 Å². The first kappa shape index (κ1) is 16.3. The van der Waals surface area contributed by atoms with Crippen molar-refractivity contribution in [3.8, 4) is 0 Å². The molecule has 3 amide bonds. The van der Waals surface area contributed by atoms with Crippen molar-refractivity contribution in [3.63, 3.8) is 0 Å². The van der Waals surface area contributed by atoms with Crippen LogP contribution in [0.5, 0.6) is 0 Å². The highest BCUT2D eigenvalue weighted by molar-refractivity contribution is 6.00. The summed E-state index contributed by atoms with van der Waals surface area (Å²) in [5.41, 5.74) is 3.23. The summed E-state index contributed by atoms with van der Waals surface area (Å²) >= 11 is 0. The largest absolute Gasteiger partial charge is 0.338 e. The quantitative estimate of drug-likeness (QED) is 0.932. The summed E-state index contributed by atoms with van der Waals surface area (Å²) in [6.45, 7) is 9.60. The first-order chi connectivity index (χ1) is 10.5. The monoisotopic (exact) mass is 303 g/mol. The van der Waals surface area contributed by atoms with Crippen molar-refractivity contribution < 1.29 is 9.59 Å². The Bertz CT molecular complexity index is 571. The van der Waals surface area contributed by atoms with E-state index in [1.165, 1.54) is 5.56 Å². The highest BCUT2D eigenvalue weighted by Gasteiger charge is 2.35. The molecule has 0 radical (unpaired) electrons. The maximum absolute atomic E-state index is 12.7. The molecule has 1 saturated heterocycles. The number of anilines is 1. The fraction of sp³-hybridized carbons (Fsp3) is 0.529. The average molecular weight is 303 g/mol. The first-order valence-corrected chi connectivity index (χ1v) is 7.89. The molecule has 1 N–H and O–H groups in total. The highest BCUT2D eigenvalue weighted by Crippen LogP contribution is 2.26. The predicted molar refractivity (Wildman–Crippen MR) is 88.1 cm³/mol. The average Bonchev–Trinajstić information content (AvgIpc) is 2.50. The number of urea groups is 1. The van der Waals surface area contributed by atoms with Gasteiger partial charge < -0.3 is 15.1 Å². The summed E-state index contributed by atoms with van der Waals surface area (Å²) in [4.78, 5) is 28.2. The van der Waals surface area contributed by atoms with Crippen LogP contribution in [0.3, 0.4) is 0 Å². The summed E-state index contributed by atoms with van der Waals surface area (Å²) in [7, 11) is 0. The van der Waals surface area contributed by atoms with E-state index in [1.54, 1.807) is 16.7 Å². The SMILES string of the molecule is CCCNC(=O)N1CCN(c2cccc(C)c2C)C(=O)C1C. The van der Waals surface area contributed by atoms with Crippen LogP contribution in [0.2, 0.25) is 0 Å². The third-order valence-corrected chi connectivity index (χ3v) is 4.31. The van der Waals surface area contributed by atoms with Crippen LogP contribution >= 0.6 is 0 Å². The lowest BCUT2D eigenvalue weighted by Gasteiger charge is -2.39. The number of nitrogens with one attached hydrogen (secondary N) is 1. The van der Waals surface area contributed by atoms with Crippen molar-refractivity contribution in [2.24, 2.45) is 0 Å². The van der Waals surface area contributed by atoms with E-state index in [1.807, 2.05) is 39.0 Å². The van der Waals surface area contributed by atoms with Crippen LogP contribution in [0.15, 0.2) is 18.2 Å².